The molecule has 0 spiro atoms. The van der Waals surface area contributed by atoms with Crippen molar-refractivity contribution in [1.29, 1.82) is 0 Å². The molecule has 2 heterocycles. The topological polar surface area (TPSA) is 44.0 Å². The first-order valence-electron chi connectivity index (χ1n) is 6.82. The second-order valence-electron chi connectivity index (χ2n) is 4.80. The van der Waals surface area contributed by atoms with Crippen LogP contribution in [0.3, 0.4) is 0 Å². The third kappa shape index (κ3) is 4.13. The van der Waals surface area contributed by atoms with Crippen molar-refractivity contribution in [3.05, 3.63) is 18.2 Å². The number of nitrogens with zero attached hydrogens (tertiary/aromatic N) is 2. The van der Waals surface area contributed by atoms with Gasteiger partial charge in [-0.25, -0.2) is 4.98 Å². The Labute approximate surface area is 104 Å². The van der Waals surface area contributed by atoms with Crippen LogP contribution in [0.1, 0.15) is 32.0 Å². The molecule has 4 heteroatoms. The molecule has 17 heavy (non-hydrogen) atoms. The van der Waals surface area contributed by atoms with Crippen molar-refractivity contribution in [2.45, 2.75) is 38.6 Å². The molecule has 1 saturated heterocycles. The summed E-state index contributed by atoms with van der Waals surface area (Å²) in [6, 6.07) is 0.696. The van der Waals surface area contributed by atoms with E-state index in [9.17, 15) is 0 Å². The van der Waals surface area contributed by atoms with Crippen molar-refractivity contribution in [3.63, 3.8) is 0 Å². The third-order valence-electron chi connectivity index (χ3n) is 3.62. The predicted molar refractivity (Wildman–Crippen MR) is 70.0 cm³/mol. The van der Waals surface area contributed by atoms with E-state index in [1.807, 2.05) is 12.4 Å². The van der Waals surface area contributed by atoms with Gasteiger partial charge in [-0.1, -0.05) is 6.92 Å². The highest BCUT2D eigenvalue weighted by atomic mass is 15.1. The van der Waals surface area contributed by atoms with Crippen molar-refractivity contribution >= 4 is 0 Å². The number of aromatic nitrogens is 2. The first kappa shape index (κ1) is 12.6. The van der Waals surface area contributed by atoms with Gasteiger partial charge < -0.3 is 15.2 Å². The second kappa shape index (κ2) is 6.77. The quantitative estimate of drug-likeness (QED) is 0.812. The molecule has 96 valence electrons. The minimum atomic E-state index is 0.696. The van der Waals surface area contributed by atoms with Gasteiger partial charge in [-0.05, 0) is 38.9 Å². The molecular weight excluding hydrogens is 212 g/mol. The van der Waals surface area contributed by atoms with Crippen molar-refractivity contribution < 1.29 is 0 Å². The molecule has 4 nitrogen and oxygen atoms in total. The molecule has 1 fully saturated rings. The molecule has 2 rings (SSSR count). The first-order chi connectivity index (χ1) is 8.38. The van der Waals surface area contributed by atoms with Crippen molar-refractivity contribution in [3.8, 4) is 0 Å². The number of rotatable bonds is 5. The Morgan fingerprint density at radius 1 is 1.47 bits per heavy atom. The molecule has 1 aromatic rings. The predicted octanol–water partition coefficient (Wildman–Crippen LogP) is 1.42. The van der Waals surface area contributed by atoms with Gasteiger partial charge in [0.15, 0.2) is 0 Å². The number of aromatic amines is 1. The Kier molecular flexibility index (Phi) is 5.01. The number of hydrogen-bond acceptors (Lipinski definition) is 3. The summed E-state index contributed by atoms with van der Waals surface area (Å²) in [4.78, 5) is 9.93. The summed E-state index contributed by atoms with van der Waals surface area (Å²) >= 11 is 0. The summed E-state index contributed by atoms with van der Waals surface area (Å²) in [6.07, 6.45) is 8.63. The molecule has 0 bridgehead atoms. The van der Waals surface area contributed by atoms with Crippen LogP contribution in [-0.4, -0.2) is 47.1 Å². The zero-order valence-electron chi connectivity index (χ0n) is 10.8. The summed E-state index contributed by atoms with van der Waals surface area (Å²) in [7, 11) is 0. The molecule has 1 aliphatic rings. The van der Waals surface area contributed by atoms with Crippen LogP contribution in [0.2, 0.25) is 0 Å². The van der Waals surface area contributed by atoms with E-state index >= 15 is 0 Å². The maximum Gasteiger partial charge on any atom is 0.107 e. The number of hydrogen-bond donors (Lipinski definition) is 2. The molecule has 1 aromatic heterocycles. The summed E-state index contributed by atoms with van der Waals surface area (Å²) in [6.45, 7) is 7.00. The Hall–Kier alpha value is -0.870. The van der Waals surface area contributed by atoms with Crippen LogP contribution in [0.15, 0.2) is 12.4 Å². The molecule has 0 aliphatic carbocycles. The van der Waals surface area contributed by atoms with E-state index in [4.69, 9.17) is 0 Å². The zero-order chi connectivity index (χ0) is 11.9. The Balaban J connectivity index is 1.65. The first-order valence-corrected chi connectivity index (χ1v) is 6.82. The number of nitrogens with one attached hydrogen (secondary N) is 2. The van der Waals surface area contributed by atoms with Gasteiger partial charge in [0.1, 0.15) is 5.82 Å². The third-order valence-corrected chi connectivity index (χ3v) is 3.62. The highest BCUT2D eigenvalue weighted by Crippen LogP contribution is 2.10. The molecule has 1 aliphatic heterocycles. The van der Waals surface area contributed by atoms with Gasteiger partial charge >= 0.3 is 0 Å². The molecule has 0 aromatic carbocycles. The summed E-state index contributed by atoms with van der Waals surface area (Å²) in [5, 5.41) is 3.66. The Morgan fingerprint density at radius 3 is 3.18 bits per heavy atom. The van der Waals surface area contributed by atoms with E-state index in [1.165, 1.54) is 38.9 Å². The van der Waals surface area contributed by atoms with Gasteiger partial charge in [0.05, 0.1) is 0 Å². The second-order valence-corrected chi connectivity index (χ2v) is 4.80. The van der Waals surface area contributed by atoms with Crippen molar-refractivity contribution in [1.82, 2.24) is 20.2 Å². The molecule has 1 unspecified atom stereocenters. The van der Waals surface area contributed by atoms with Crippen LogP contribution < -0.4 is 5.32 Å². The van der Waals surface area contributed by atoms with Gasteiger partial charge in [0, 0.05) is 31.4 Å². The minimum absolute atomic E-state index is 0.696. The van der Waals surface area contributed by atoms with Crippen LogP contribution in [-0.2, 0) is 6.42 Å². The fourth-order valence-corrected chi connectivity index (χ4v) is 2.51. The molecule has 1 atom stereocenters. The maximum absolute atomic E-state index is 4.24. The van der Waals surface area contributed by atoms with Gasteiger partial charge in [-0.15, -0.1) is 0 Å². The lowest BCUT2D eigenvalue weighted by Crippen LogP contribution is -2.32. The standard InChI is InChI=1S/C13H24N4/c1-2-17-10-3-4-12(6-11-17)14-7-5-13-15-8-9-16-13/h8-9,12,14H,2-7,10-11H2,1H3,(H,15,16). The van der Waals surface area contributed by atoms with Gasteiger partial charge in [0.25, 0.3) is 0 Å². The highest BCUT2D eigenvalue weighted by molar-refractivity contribution is 4.88. The van der Waals surface area contributed by atoms with E-state index in [2.05, 4.69) is 27.1 Å². The average molecular weight is 236 g/mol. The van der Waals surface area contributed by atoms with Gasteiger partial charge in [0.2, 0.25) is 0 Å². The minimum Gasteiger partial charge on any atom is -0.349 e. The summed E-state index contributed by atoms with van der Waals surface area (Å²) in [5.41, 5.74) is 0. The SMILES string of the molecule is CCN1CCCC(NCCc2ncc[nH]2)CC1. The van der Waals surface area contributed by atoms with Crippen LogP contribution in [0, 0.1) is 0 Å². The fourth-order valence-electron chi connectivity index (χ4n) is 2.51. The maximum atomic E-state index is 4.24. The smallest absolute Gasteiger partial charge is 0.107 e. The summed E-state index contributed by atoms with van der Waals surface area (Å²) < 4.78 is 0. The lowest BCUT2D eigenvalue weighted by molar-refractivity contribution is 0.297. The monoisotopic (exact) mass is 236 g/mol. The Bertz CT molecular complexity index is 296. The van der Waals surface area contributed by atoms with E-state index < -0.39 is 0 Å². The van der Waals surface area contributed by atoms with Crippen molar-refractivity contribution in [2.24, 2.45) is 0 Å². The van der Waals surface area contributed by atoms with E-state index in [0.717, 1.165) is 18.8 Å². The van der Waals surface area contributed by atoms with Crippen molar-refractivity contribution in [2.75, 3.05) is 26.2 Å². The molecule has 0 radical (unpaired) electrons. The highest BCUT2D eigenvalue weighted by Gasteiger charge is 2.15. The lowest BCUT2D eigenvalue weighted by atomic mass is 10.1. The number of imidazole rings is 1. The van der Waals surface area contributed by atoms with E-state index in [1.54, 1.807) is 0 Å². The van der Waals surface area contributed by atoms with Crippen LogP contribution in [0.4, 0.5) is 0 Å². The zero-order valence-corrected chi connectivity index (χ0v) is 10.8. The van der Waals surface area contributed by atoms with Crippen LogP contribution in [0.5, 0.6) is 0 Å². The van der Waals surface area contributed by atoms with Gasteiger partial charge in [-0.2, -0.15) is 0 Å². The van der Waals surface area contributed by atoms with E-state index in [-0.39, 0.29) is 0 Å². The molecular formula is C13H24N4. The lowest BCUT2D eigenvalue weighted by Gasteiger charge is -2.18. The largest absolute Gasteiger partial charge is 0.349 e. The Morgan fingerprint density at radius 2 is 2.41 bits per heavy atom. The fraction of sp³-hybridized carbons (Fsp3) is 0.769. The molecule has 0 amide bonds. The van der Waals surface area contributed by atoms with Gasteiger partial charge in [-0.3, -0.25) is 0 Å². The van der Waals surface area contributed by atoms with Crippen LogP contribution >= 0.6 is 0 Å². The molecule has 2 N–H and O–H groups in total. The van der Waals surface area contributed by atoms with E-state index in [0.29, 0.717) is 6.04 Å². The van der Waals surface area contributed by atoms with Crippen LogP contribution in [0.25, 0.3) is 0 Å². The molecule has 0 saturated carbocycles. The average Bonchev–Trinajstić information content (AvgIpc) is 2.75. The summed E-state index contributed by atoms with van der Waals surface area (Å²) in [5.74, 6) is 1.08. The normalized spacial score (nSPS) is 22.5. The number of likely N-dealkylation sites (tertiary alicyclic amines) is 1. The number of H-pyrrole nitrogens is 1.